The number of carbonyl (C=O) groups is 2. The van der Waals surface area contributed by atoms with Crippen molar-refractivity contribution in [1.29, 1.82) is 0 Å². The first-order valence-corrected chi connectivity index (χ1v) is 12.4. The van der Waals surface area contributed by atoms with Gasteiger partial charge in [-0.1, -0.05) is 32.0 Å². The summed E-state index contributed by atoms with van der Waals surface area (Å²) in [7, 11) is 0. The van der Waals surface area contributed by atoms with E-state index in [2.05, 4.69) is 28.4 Å². The van der Waals surface area contributed by atoms with E-state index in [0.29, 0.717) is 50.6 Å². The zero-order chi connectivity index (χ0) is 24.8. The van der Waals surface area contributed by atoms with Gasteiger partial charge in [0, 0.05) is 69.0 Å². The number of imidazole rings is 1. The Hall–Kier alpha value is -3.48. The predicted octanol–water partition coefficient (Wildman–Crippen LogP) is 3.82. The molecule has 1 unspecified atom stereocenters. The number of aryl methyl sites for hydroxylation is 1. The summed E-state index contributed by atoms with van der Waals surface area (Å²) in [6.45, 7) is 9.12. The van der Waals surface area contributed by atoms with Gasteiger partial charge in [0.1, 0.15) is 5.82 Å². The quantitative estimate of drug-likeness (QED) is 0.523. The molecule has 184 valence electrons. The Balaban J connectivity index is 1.52. The van der Waals surface area contributed by atoms with E-state index in [9.17, 15) is 9.59 Å². The summed E-state index contributed by atoms with van der Waals surface area (Å²) in [5.74, 6) is 1.55. The van der Waals surface area contributed by atoms with E-state index >= 15 is 0 Å². The van der Waals surface area contributed by atoms with Crippen molar-refractivity contribution in [1.82, 2.24) is 24.3 Å². The number of amides is 2. The van der Waals surface area contributed by atoms with Gasteiger partial charge in [0.15, 0.2) is 0 Å². The lowest BCUT2D eigenvalue weighted by Crippen LogP contribution is -2.37. The van der Waals surface area contributed by atoms with Crippen LogP contribution in [0.2, 0.25) is 0 Å². The van der Waals surface area contributed by atoms with E-state index in [1.807, 2.05) is 65.4 Å². The highest BCUT2D eigenvalue weighted by Crippen LogP contribution is 2.19. The molecule has 1 fully saturated rings. The molecule has 7 nitrogen and oxygen atoms in total. The Morgan fingerprint density at radius 2 is 1.80 bits per heavy atom. The average Bonchev–Trinajstić information content (AvgIpc) is 3.11. The Labute approximate surface area is 207 Å². The van der Waals surface area contributed by atoms with Crippen LogP contribution in [0.1, 0.15) is 47.7 Å². The molecule has 2 aromatic heterocycles. The fourth-order valence-corrected chi connectivity index (χ4v) is 4.69. The molecule has 2 amide bonds. The van der Waals surface area contributed by atoms with Crippen LogP contribution in [0.4, 0.5) is 0 Å². The third kappa shape index (κ3) is 6.56. The summed E-state index contributed by atoms with van der Waals surface area (Å²) in [4.78, 5) is 39.2. The lowest BCUT2D eigenvalue weighted by molar-refractivity contribution is -0.132. The van der Waals surface area contributed by atoms with Crippen molar-refractivity contribution in [3.8, 4) is 0 Å². The minimum Gasteiger partial charge on any atom is -0.341 e. The van der Waals surface area contributed by atoms with E-state index in [0.717, 1.165) is 23.5 Å². The number of rotatable bonds is 7. The van der Waals surface area contributed by atoms with Gasteiger partial charge in [0.05, 0.1) is 0 Å². The molecule has 35 heavy (non-hydrogen) atoms. The summed E-state index contributed by atoms with van der Waals surface area (Å²) in [6, 6.07) is 13.7. The van der Waals surface area contributed by atoms with Crippen LogP contribution in [0.15, 0.2) is 61.1 Å². The molecule has 0 aliphatic carbocycles. The van der Waals surface area contributed by atoms with Gasteiger partial charge in [-0.3, -0.25) is 14.6 Å². The van der Waals surface area contributed by atoms with Crippen molar-refractivity contribution in [3.05, 3.63) is 83.7 Å². The van der Waals surface area contributed by atoms with Crippen LogP contribution < -0.4 is 0 Å². The van der Waals surface area contributed by atoms with Gasteiger partial charge in [-0.05, 0) is 55.0 Å². The number of carbonyl (C=O) groups excluding carboxylic acids is 2. The molecule has 0 saturated carbocycles. The predicted molar refractivity (Wildman–Crippen MR) is 136 cm³/mol. The molecule has 0 N–H and O–H groups in total. The van der Waals surface area contributed by atoms with Gasteiger partial charge in [-0.25, -0.2) is 4.98 Å². The average molecular weight is 474 g/mol. The largest absolute Gasteiger partial charge is 0.341 e. The fraction of sp³-hybridized carbons (Fsp3) is 0.429. The smallest absolute Gasteiger partial charge is 0.253 e. The van der Waals surface area contributed by atoms with E-state index in [-0.39, 0.29) is 17.7 Å². The van der Waals surface area contributed by atoms with Crippen molar-refractivity contribution >= 4 is 11.8 Å². The van der Waals surface area contributed by atoms with E-state index in [1.54, 1.807) is 12.4 Å². The minimum absolute atomic E-state index is 0.0124. The summed E-state index contributed by atoms with van der Waals surface area (Å²) in [5, 5.41) is 0. The van der Waals surface area contributed by atoms with Crippen LogP contribution in [-0.2, 0) is 17.8 Å². The Morgan fingerprint density at radius 3 is 2.51 bits per heavy atom. The molecule has 0 bridgehead atoms. The molecule has 1 atom stereocenters. The Morgan fingerprint density at radius 1 is 1.00 bits per heavy atom. The lowest BCUT2D eigenvalue weighted by Gasteiger charge is -2.25. The molecule has 0 spiro atoms. The molecule has 1 saturated heterocycles. The van der Waals surface area contributed by atoms with Gasteiger partial charge in [0.25, 0.3) is 5.91 Å². The highest BCUT2D eigenvalue weighted by Gasteiger charge is 2.29. The second-order valence-corrected chi connectivity index (χ2v) is 9.88. The molecule has 0 radical (unpaired) electrons. The highest BCUT2D eigenvalue weighted by atomic mass is 16.2. The van der Waals surface area contributed by atoms with Crippen LogP contribution in [0.3, 0.4) is 0 Å². The van der Waals surface area contributed by atoms with Gasteiger partial charge in [-0.2, -0.15) is 0 Å². The van der Waals surface area contributed by atoms with Crippen molar-refractivity contribution in [3.63, 3.8) is 0 Å². The molecule has 4 rings (SSSR count). The van der Waals surface area contributed by atoms with Gasteiger partial charge in [0.2, 0.25) is 5.91 Å². The van der Waals surface area contributed by atoms with Crippen LogP contribution >= 0.6 is 0 Å². The number of hydrogen-bond acceptors (Lipinski definition) is 4. The van der Waals surface area contributed by atoms with E-state index < -0.39 is 0 Å². The van der Waals surface area contributed by atoms with Crippen LogP contribution in [0.5, 0.6) is 0 Å². The topological polar surface area (TPSA) is 71.3 Å². The number of aromatic nitrogens is 3. The van der Waals surface area contributed by atoms with E-state index in [1.165, 1.54) is 0 Å². The number of pyridine rings is 1. The molecule has 1 aliphatic rings. The molecular formula is C28H35N5O2. The maximum atomic E-state index is 13.6. The first-order valence-electron chi connectivity index (χ1n) is 12.4. The first-order chi connectivity index (χ1) is 16.9. The summed E-state index contributed by atoms with van der Waals surface area (Å²) in [6.07, 6.45) is 6.79. The van der Waals surface area contributed by atoms with Crippen molar-refractivity contribution in [2.75, 3.05) is 26.2 Å². The van der Waals surface area contributed by atoms with Crippen LogP contribution in [-0.4, -0.2) is 62.3 Å². The molecular weight excluding hydrogens is 438 g/mol. The zero-order valence-corrected chi connectivity index (χ0v) is 20.9. The molecule has 7 heteroatoms. The summed E-state index contributed by atoms with van der Waals surface area (Å²) >= 11 is 0. The summed E-state index contributed by atoms with van der Waals surface area (Å²) < 4.78 is 2.07. The fourth-order valence-electron chi connectivity index (χ4n) is 4.69. The number of benzene rings is 1. The van der Waals surface area contributed by atoms with Gasteiger partial charge >= 0.3 is 0 Å². The third-order valence-corrected chi connectivity index (χ3v) is 6.49. The SMILES string of the molecule is Cc1nccn1Cc1cccc(C(=O)N2CCN(C(=O)CC(C)C)CC(Cc3ccccn3)C2)c1. The number of nitrogens with zero attached hydrogens (tertiary/aromatic N) is 5. The van der Waals surface area contributed by atoms with Crippen molar-refractivity contribution < 1.29 is 9.59 Å². The Kier molecular flexibility index (Phi) is 7.95. The van der Waals surface area contributed by atoms with Crippen molar-refractivity contribution in [2.45, 2.75) is 40.2 Å². The van der Waals surface area contributed by atoms with E-state index in [4.69, 9.17) is 0 Å². The highest BCUT2D eigenvalue weighted by molar-refractivity contribution is 5.94. The molecule has 3 heterocycles. The molecule has 1 aromatic carbocycles. The van der Waals surface area contributed by atoms with Gasteiger partial charge in [-0.15, -0.1) is 0 Å². The standard InChI is InChI=1S/C28H35N5O2/c1-21(2)15-27(34)32-13-14-33(20-24(19-32)17-26-9-4-5-10-30-26)28(35)25-8-6-7-23(16-25)18-31-12-11-29-22(31)3/h4-12,16,21,24H,13-15,17-20H2,1-3H3. The second kappa shape index (κ2) is 11.3. The first kappa shape index (κ1) is 24.6. The second-order valence-electron chi connectivity index (χ2n) is 9.88. The lowest BCUT2D eigenvalue weighted by atomic mass is 10.0. The Bertz CT molecular complexity index is 1140. The minimum atomic E-state index is 0.0124. The van der Waals surface area contributed by atoms with Crippen molar-refractivity contribution in [2.24, 2.45) is 11.8 Å². The van der Waals surface area contributed by atoms with Crippen LogP contribution in [0.25, 0.3) is 0 Å². The monoisotopic (exact) mass is 473 g/mol. The summed E-state index contributed by atoms with van der Waals surface area (Å²) in [5.41, 5.74) is 2.73. The molecule has 1 aliphatic heterocycles. The maximum absolute atomic E-state index is 13.6. The molecule has 3 aromatic rings. The third-order valence-electron chi connectivity index (χ3n) is 6.49. The van der Waals surface area contributed by atoms with Gasteiger partial charge < -0.3 is 14.4 Å². The maximum Gasteiger partial charge on any atom is 0.253 e. The number of hydrogen-bond donors (Lipinski definition) is 0. The normalized spacial score (nSPS) is 16.4. The van der Waals surface area contributed by atoms with Crippen LogP contribution in [0, 0.1) is 18.8 Å². The zero-order valence-electron chi connectivity index (χ0n) is 20.9.